The Bertz CT molecular complexity index is 695. The van der Waals surface area contributed by atoms with Gasteiger partial charge in [0, 0.05) is 16.0 Å². The van der Waals surface area contributed by atoms with E-state index in [2.05, 4.69) is 10.2 Å². The third-order valence-electron chi connectivity index (χ3n) is 6.33. The van der Waals surface area contributed by atoms with Crippen molar-refractivity contribution >= 4 is 22.5 Å². The van der Waals surface area contributed by atoms with Crippen molar-refractivity contribution in [3.05, 3.63) is 28.9 Å². The van der Waals surface area contributed by atoms with Gasteiger partial charge in [0.05, 0.1) is 17.3 Å². The van der Waals surface area contributed by atoms with Crippen LogP contribution in [0.15, 0.2) is 18.3 Å². The van der Waals surface area contributed by atoms with E-state index in [0.29, 0.717) is 16.9 Å². The van der Waals surface area contributed by atoms with Gasteiger partial charge >= 0.3 is 0 Å². The van der Waals surface area contributed by atoms with Crippen LogP contribution in [0.1, 0.15) is 37.7 Å². The van der Waals surface area contributed by atoms with Gasteiger partial charge in [0.2, 0.25) is 0 Å². The van der Waals surface area contributed by atoms with E-state index < -0.39 is 5.60 Å². The molecule has 3 nitrogen and oxygen atoms in total. The SMILES string of the molecule is OC1(c2cc(Cl)cc3cn[nH]c23)C2CC3CC(C2)CC1C3. The van der Waals surface area contributed by atoms with Crippen molar-refractivity contribution in [3.8, 4) is 0 Å². The molecule has 2 N–H and O–H groups in total. The van der Waals surface area contributed by atoms with Gasteiger partial charge < -0.3 is 5.11 Å². The predicted octanol–water partition coefficient (Wildman–Crippen LogP) is 3.86. The third kappa shape index (κ3) is 1.56. The van der Waals surface area contributed by atoms with E-state index in [0.717, 1.165) is 28.3 Å². The average molecular weight is 303 g/mol. The Morgan fingerprint density at radius 1 is 1.10 bits per heavy atom. The molecule has 4 aliphatic carbocycles. The number of fused-ring (bicyclic) bond motifs is 1. The maximum atomic E-state index is 11.7. The molecule has 21 heavy (non-hydrogen) atoms. The zero-order chi connectivity index (χ0) is 14.2. The van der Waals surface area contributed by atoms with Crippen molar-refractivity contribution in [1.82, 2.24) is 10.2 Å². The molecule has 1 aromatic heterocycles. The fourth-order valence-electron chi connectivity index (χ4n) is 5.68. The van der Waals surface area contributed by atoms with Crippen molar-refractivity contribution in [2.45, 2.75) is 37.7 Å². The van der Waals surface area contributed by atoms with E-state index >= 15 is 0 Å². The molecule has 0 aliphatic heterocycles. The van der Waals surface area contributed by atoms with Gasteiger partial charge in [0.15, 0.2) is 0 Å². The molecule has 0 spiro atoms. The molecular formula is C17H19ClN2O. The van der Waals surface area contributed by atoms with Crippen molar-refractivity contribution in [2.24, 2.45) is 23.7 Å². The molecule has 4 bridgehead atoms. The van der Waals surface area contributed by atoms with Gasteiger partial charge in [-0.05, 0) is 67.9 Å². The molecule has 0 unspecified atom stereocenters. The number of halogens is 1. The number of H-pyrrole nitrogens is 1. The van der Waals surface area contributed by atoms with Crippen LogP contribution in [0.3, 0.4) is 0 Å². The molecule has 2 aromatic rings. The molecule has 0 amide bonds. The summed E-state index contributed by atoms with van der Waals surface area (Å²) in [6.07, 6.45) is 7.87. The number of hydrogen-bond donors (Lipinski definition) is 2. The van der Waals surface area contributed by atoms with Crippen LogP contribution in [-0.2, 0) is 5.60 Å². The van der Waals surface area contributed by atoms with Gasteiger partial charge in [0.25, 0.3) is 0 Å². The molecule has 1 heterocycles. The average Bonchev–Trinajstić information content (AvgIpc) is 2.90. The van der Waals surface area contributed by atoms with Gasteiger partial charge in [-0.15, -0.1) is 0 Å². The highest BCUT2D eigenvalue weighted by Gasteiger charge is 2.57. The molecule has 0 radical (unpaired) electrons. The Morgan fingerprint density at radius 2 is 1.76 bits per heavy atom. The maximum Gasteiger partial charge on any atom is 0.0974 e. The molecule has 1 aromatic carbocycles. The van der Waals surface area contributed by atoms with Gasteiger partial charge in [-0.25, -0.2) is 0 Å². The van der Waals surface area contributed by atoms with Crippen molar-refractivity contribution < 1.29 is 5.11 Å². The molecular weight excluding hydrogens is 284 g/mol. The van der Waals surface area contributed by atoms with Crippen LogP contribution >= 0.6 is 11.6 Å². The Kier molecular flexibility index (Phi) is 2.39. The zero-order valence-electron chi connectivity index (χ0n) is 11.8. The van der Waals surface area contributed by atoms with Crippen molar-refractivity contribution in [3.63, 3.8) is 0 Å². The summed E-state index contributed by atoms with van der Waals surface area (Å²) in [7, 11) is 0. The number of aromatic amines is 1. The molecule has 6 rings (SSSR count). The second-order valence-corrected chi connectivity index (χ2v) is 7.85. The molecule has 4 fully saturated rings. The lowest BCUT2D eigenvalue weighted by atomic mass is 9.48. The van der Waals surface area contributed by atoms with E-state index in [1.807, 2.05) is 12.1 Å². The van der Waals surface area contributed by atoms with Crippen molar-refractivity contribution in [2.75, 3.05) is 0 Å². The highest BCUT2D eigenvalue weighted by molar-refractivity contribution is 6.31. The second-order valence-electron chi connectivity index (χ2n) is 7.42. The molecule has 0 saturated heterocycles. The summed E-state index contributed by atoms with van der Waals surface area (Å²) in [5.41, 5.74) is 1.23. The highest BCUT2D eigenvalue weighted by atomic mass is 35.5. The first-order valence-corrected chi connectivity index (χ1v) is 8.38. The summed E-state index contributed by atoms with van der Waals surface area (Å²) in [4.78, 5) is 0. The minimum atomic E-state index is -0.719. The molecule has 110 valence electrons. The van der Waals surface area contributed by atoms with Crippen LogP contribution in [0.5, 0.6) is 0 Å². The summed E-state index contributed by atoms with van der Waals surface area (Å²) in [6.45, 7) is 0. The van der Waals surface area contributed by atoms with Crippen LogP contribution in [0, 0.1) is 23.7 Å². The fraction of sp³-hybridized carbons (Fsp3) is 0.588. The van der Waals surface area contributed by atoms with Crippen LogP contribution in [0.2, 0.25) is 5.02 Å². The highest BCUT2D eigenvalue weighted by Crippen LogP contribution is 2.62. The Hall–Kier alpha value is -1.06. The summed E-state index contributed by atoms with van der Waals surface area (Å²) in [5.74, 6) is 2.45. The minimum Gasteiger partial charge on any atom is -0.385 e. The van der Waals surface area contributed by atoms with Gasteiger partial charge in [-0.2, -0.15) is 5.10 Å². The van der Waals surface area contributed by atoms with Crippen LogP contribution < -0.4 is 0 Å². The molecule has 0 atom stereocenters. The van der Waals surface area contributed by atoms with E-state index in [-0.39, 0.29) is 0 Å². The molecule has 4 saturated carbocycles. The van der Waals surface area contributed by atoms with E-state index in [4.69, 9.17) is 11.6 Å². The zero-order valence-corrected chi connectivity index (χ0v) is 12.6. The lowest BCUT2D eigenvalue weighted by Gasteiger charge is -2.59. The van der Waals surface area contributed by atoms with Gasteiger partial charge in [0.1, 0.15) is 0 Å². The van der Waals surface area contributed by atoms with E-state index in [9.17, 15) is 5.11 Å². The van der Waals surface area contributed by atoms with Crippen LogP contribution in [0.4, 0.5) is 0 Å². The molecule has 4 heteroatoms. The van der Waals surface area contributed by atoms with Crippen molar-refractivity contribution in [1.29, 1.82) is 0 Å². The van der Waals surface area contributed by atoms with Gasteiger partial charge in [-0.3, -0.25) is 5.10 Å². The molecule has 4 aliphatic rings. The standard InChI is InChI=1S/C17H19ClN2O/c18-14-6-11-8-19-20-16(11)15(7-14)17(21)12-2-9-1-10(4-12)5-13(17)3-9/h6-10,12-13,21H,1-5H2,(H,19,20). The smallest absolute Gasteiger partial charge is 0.0974 e. The predicted molar refractivity (Wildman–Crippen MR) is 82.0 cm³/mol. The summed E-state index contributed by atoms with van der Waals surface area (Å²) in [6, 6.07) is 3.88. The van der Waals surface area contributed by atoms with E-state index in [1.165, 1.54) is 32.1 Å². The Morgan fingerprint density at radius 3 is 2.43 bits per heavy atom. The number of aromatic nitrogens is 2. The lowest BCUT2D eigenvalue weighted by molar-refractivity contribution is -0.178. The first-order chi connectivity index (χ1) is 10.1. The normalized spacial score (nSPS) is 41.0. The Balaban J connectivity index is 1.73. The lowest BCUT2D eigenvalue weighted by Crippen LogP contribution is -2.55. The monoisotopic (exact) mass is 302 g/mol. The summed E-state index contributed by atoms with van der Waals surface area (Å²) < 4.78 is 0. The van der Waals surface area contributed by atoms with Gasteiger partial charge in [-0.1, -0.05) is 11.6 Å². The number of aliphatic hydroxyl groups is 1. The van der Waals surface area contributed by atoms with E-state index in [1.54, 1.807) is 6.20 Å². The largest absolute Gasteiger partial charge is 0.385 e. The fourth-order valence-corrected chi connectivity index (χ4v) is 5.91. The number of hydrogen-bond acceptors (Lipinski definition) is 2. The Labute approximate surface area is 128 Å². The number of rotatable bonds is 1. The summed E-state index contributed by atoms with van der Waals surface area (Å²) >= 11 is 6.30. The topological polar surface area (TPSA) is 48.9 Å². The third-order valence-corrected chi connectivity index (χ3v) is 6.55. The first kappa shape index (κ1) is 12.5. The summed E-state index contributed by atoms with van der Waals surface area (Å²) in [5, 5.41) is 20.6. The van der Waals surface area contributed by atoms with Crippen LogP contribution in [-0.4, -0.2) is 15.3 Å². The quantitative estimate of drug-likeness (QED) is 0.840. The first-order valence-electron chi connectivity index (χ1n) is 8.00. The minimum absolute atomic E-state index is 0.388. The second kappa shape index (κ2) is 4.02. The maximum absolute atomic E-state index is 11.7. The number of nitrogens with zero attached hydrogens (tertiary/aromatic N) is 1. The number of nitrogens with one attached hydrogen (secondary N) is 1. The number of benzene rings is 1. The van der Waals surface area contributed by atoms with Crippen LogP contribution in [0.25, 0.3) is 10.9 Å².